The van der Waals surface area contributed by atoms with Gasteiger partial charge in [-0.25, -0.2) is 0 Å². The third-order valence-corrected chi connectivity index (χ3v) is 4.46. The summed E-state index contributed by atoms with van der Waals surface area (Å²) in [5.74, 6) is 0. The van der Waals surface area contributed by atoms with Crippen molar-refractivity contribution < 1.29 is 9.84 Å². The molecule has 4 nitrogen and oxygen atoms in total. The predicted molar refractivity (Wildman–Crippen MR) is 83.5 cm³/mol. The molecule has 0 amide bonds. The van der Waals surface area contributed by atoms with E-state index in [1.807, 2.05) is 12.1 Å². The Bertz CT molecular complexity index is 413. The van der Waals surface area contributed by atoms with Gasteiger partial charge in [0.25, 0.3) is 0 Å². The molecule has 1 aliphatic heterocycles. The summed E-state index contributed by atoms with van der Waals surface area (Å²) >= 11 is 3.47. The Morgan fingerprint density at radius 1 is 1.45 bits per heavy atom. The van der Waals surface area contributed by atoms with Crippen LogP contribution in [0.5, 0.6) is 0 Å². The SMILES string of the molecule is CCC(N)C(c1ccc(Br)cc1)N1CCOCC1CO. The standard InChI is InChI=1S/C15H23BrN2O2/c1-2-14(17)15(11-3-5-12(16)6-4-11)18-7-8-20-10-13(18)9-19/h3-6,13-15,19H,2,7-10,17H2,1H3. The van der Waals surface area contributed by atoms with E-state index in [1.54, 1.807) is 0 Å². The number of aliphatic hydroxyl groups is 1. The smallest absolute Gasteiger partial charge is 0.0645 e. The van der Waals surface area contributed by atoms with Crippen LogP contribution in [0.2, 0.25) is 0 Å². The highest BCUT2D eigenvalue weighted by atomic mass is 79.9. The molecule has 0 radical (unpaired) electrons. The van der Waals surface area contributed by atoms with Gasteiger partial charge in [-0.15, -0.1) is 0 Å². The van der Waals surface area contributed by atoms with Gasteiger partial charge in [0.05, 0.1) is 31.9 Å². The number of halogens is 1. The van der Waals surface area contributed by atoms with Crippen molar-refractivity contribution in [1.29, 1.82) is 0 Å². The fourth-order valence-electron chi connectivity index (χ4n) is 2.76. The van der Waals surface area contributed by atoms with E-state index in [-0.39, 0.29) is 24.7 Å². The maximum absolute atomic E-state index is 9.59. The molecule has 1 fully saturated rings. The normalized spacial score (nSPS) is 23.5. The molecule has 0 spiro atoms. The Kier molecular flexibility index (Phi) is 5.99. The van der Waals surface area contributed by atoms with Gasteiger partial charge < -0.3 is 15.6 Å². The summed E-state index contributed by atoms with van der Waals surface area (Å²) in [7, 11) is 0. The Labute approximate surface area is 129 Å². The Hall–Kier alpha value is -0.460. The van der Waals surface area contributed by atoms with Gasteiger partial charge in [-0.05, 0) is 24.1 Å². The molecule has 1 aromatic carbocycles. The van der Waals surface area contributed by atoms with Gasteiger partial charge in [0.15, 0.2) is 0 Å². The quantitative estimate of drug-likeness (QED) is 0.858. The van der Waals surface area contributed by atoms with Crippen LogP contribution in [-0.2, 0) is 4.74 Å². The van der Waals surface area contributed by atoms with E-state index in [0.29, 0.717) is 13.2 Å². The molecular formula is C15H23BrN2O2. The summed E-state index contributed by atoms with van der Waals surface area (Å²) in [6.07, 6.45) is 0.899. The summed E-state index contributed by atoms with van der Waals surface area (Å²) in [4.78, 5) is 2.29. The van der Waals surface area contributed by atoms with Gasteiger partial charge in [0, 0.05) is 17.1 Å². The molecule has 5 heteroatoms. The zero-order valence-electron chi connectivity index (χ0n) is 11.8. The number of nitrogens with zero attached hydrogens (tertiary/aromatic N) is 1. The second kappa shape index (κ2) is 7.52. The lowest BCUT2D eigenvalue weighted by Gasteiger charge is -2.42. The Morgan fingerprint density at radius 2 is 2.15 bits per heavy atom. The number of benzene rings is 1. The lowest BCUT2D eigenvalue weighted by molar-refractivity contribution is -0.0527. The van der Waals surface area contributed by atoms with Crippen LogP contribution < -0.4 is 5.73 Å². The highest BCUT2D eigenvalue weighted by molar-refractivity contribution is 9.10. The van der Waals surface area contributed by atoms with E-state index in [1.165, 1.54) is 5.56 Å². The number of hydrogen-bond donors (Lipinski definition) is 2. The molecule has 20 heavy (non-hydrogen) atoms. The summed E-state index contributed by atoms with van der Waals surface area (Å²) in [6.45, 7) is 4.27. The van der Waals surface area contributed by atoms with Crippen molar-refractivity contribution in [3.63, 3.8) is 0 Å². The van der Waals surface area contributed by atoms with E-state index in [4.69, 9.17) is 10.5 Å². The Balaban J connectivity index is 2.28. The van der Waals surface area contributed by atoms with Crippen LogP contribution in [0.15, 0.2) is 28.7 Å². The third-order valence-electron chi connectivity index (χ3n) is 3.93. The minimum atomic E-state index is 0.0231. The van der Waals surface area contributed by atoms with Gasteiger partial charge in [-0.3, -0.25) is 4.90 Å². The molecule has 3 unspecified atom stereocenters. The first-order valence-electron chi connectivity index (χ1n) is 7.12. The van der Waals surface area contributed by atoms with Crippen LogP contribution in [0.1, 0.15) is 24.9 Å². The molecule has 112 valence electrons. The van der Waals surface area contributed by atoms with Crippen LogP contribution >= 0.6 is 15.9 Å². The highest BCUT2D eigenvalue weighted by Gasteiger charge is 2.32. The van der Waals surface area contributed by atoms with Crippen molar-refractivity contribution in [1.82, 2.24) is 4.90 Å². The summed E-state index contributed by atoms with van der Waals surface area (Å²) < 4.78 is 6.53. The van der Waals surface area contributed by atoms with Crippen LogP contribution in [0.25, 0.3) is 0 Å². The molecule has 0 aromatic heterocycles. The number of aliphatic hydroxyl groups excluding tert-OH is 1. The zero-order chi connectivity index (χ0) is 14.5. The van der Waals surface area contributed by atoms with E-state index in [2.05, 4.69) is 39.9 Å². The van der Waals surface area contributed by atoms with Gasteiger partial charge in [-0.1, -0.05) is 35.0 Å². The molecule has 0 aliphatic carbocycles. The largest absolute Gasteiger partial charge is 0.395 e. The fraction of sp³-hybridized carbons (Fsp3) is 0.600. The molecule has 1 aliphatic rings. The van der Waals surface area contributed by atoms with Gasteiger partial charge in [-0.2, -0.15) is 0 Å². The van der Waals surface area contributed by atoms with E-state index >= 15 is 0 Å². The fourth-order valence-corrected chi connectivity index (χ4v) is 3.02. The average Bonchev–Trinajstić information content (AvgIpc) is 2.49. The minimum absolute atomic E-state index is 0.0231. The number of morpholine rings is 1. The topological polar surface area (TPSA) is 58.7 Å². The summed E-state index contributed by atoms with van der Waals surface area (Å²) in [5, 5.41) is 9.59. The van der Waals surface area contributed by atoms with Crippen molar-refractivity contribution in [2.45, 2.75) is 31.5 Å². The number of ether oxygens (including phenoxy) is 1. The second-order valence-electron chi connectivity index (χ2n) is 5.22. The number of hydrogen-bond acceptors (Lipinski definition) is 4. The monoisotopic (exact) mass is 342 g/mol. The molecule has 0 saturated carbocycles. The average molecular weight is 343 g/mol. The Morgan fingerprint density at radius 3 is 2.75 bits per heavy atom. The van der Waals surface area contributed by atoms with Crippen LogP contribution in [0, 0.1) is 0 Å². The van der Waals surface area contributed by atoms with Gasteiger partial charge in [0.2, 0.25) is 0 Å². The maximum Gasteiger partial charge on any atom is 0.0645 e. The lowest BCUT2D eigenvalue weighted by Crippen LogP contribution is -2.53. The van der Waals surface area contributed by atoms with Crippen LogP contribution in [-0.4, -0.2) is 48.5 Å². The first-order valence-corrected chi connectivity index (χ1v) is 7.92. The summed E-state index contributed by atoms with van der Waals surface area (Å²) in [6, 6.07) is 8.48. The van der Waals surface area contributed by atoms with Crippen molar-refractivity contribution in [2.24, 2.45) is 5.73 Å². The molecule has 1 heterocycles. The van der Waals surface area contributed by atoms with Crippen LogP contribution in [0.4, 0.5) is 0 Å². The predicted octanol–water partition coefficient (Wildman–Crippen LogP) is 1.92. The zero-order valence-corrected chi connectivity index (χ0v) is 13.4. The van der Waals surface area contributed by atoms with Crippen molar-refractivity contribution in [3.05, 3.63) is 34.3 Å². The summed E-state index contributed by atoms with van der Waals surface area (Å²) in [5.41, 5.74) is 7.56. The second-order valence-corrected chi connectivity index (χ2v) is 6.13. The molecular weight excluding hydrogens is 320 g/mol. The first kappa shape index (κ1) is 15.9. The molecule has 1 saturated heterocycles. The number of rotatable bonds is 5. The first-order chi connectivity index (χ1) is 9.67. The minimum Gasteiger partial charge on any atom is -0.395 e. The highest BCUT2D eigenvalue weighted by Crippen LogP contribution is 2.29. The van der Waals surface area contributed by atoms with Gasteiger partial charge >= 0.3 is 0 Å². The van der Waals surface area contributed by atoms with Crippen molar-refractivity contribution in [3.8, 4) is 0 Å². The molecule has 3 atom stereocenters. The number of nitrogens with two attached hydrogens (primary N) is 1. The van der Waals surface area contributed by atoms with E-state index in [9.17, 15) is 5.11 Å². The molecule has 2 rings (SSSR count). The van der Waals surface area contributed by atoms with Gasteiger partial charge in [0.1, 0.15) is 0 Å². The van der Waals surface area contributed by atoms with Crippen molar-refractivity contribution >= 4 is 15.9 Å². The van der Waals surface area contributed by atoms with E-state index < -0.39 is 0 Å². The third kappa shape index (κ3) is 3.59. The molecule has 3 N–H and O–H groups in total. The van der Waals surface area contributed by atoms with E-state index in [0.717, 1.165) is 17.4 Å². The van der Waals surface area contributed by atoms with Crippen LogP contribution in [0.3, 0.4) is 0 Å². The molecule has 1 aromatic rings. The maximum atomic E-state index is 9.59. The lowest BCUT2D eigenvalue weighted by atomic mass is 9.94. The van der Waals surface area contributed by atoms with Crippen molar-refractivity contribution in [2.75, 3.05) is 26.4 Å². The molecule has 0 bridgehead atoms.